The van der Waals surface area contributed by atoms with Crippen LogP contribution in [0.2, 0.25) is 0 Å². The normalized spacial score (nSPS) is 10.5. The van der Waals surface area contributed by atoms with Gasteiger partial charge in [0.05, 0.1) is 0 Å². The highest BCUT2D eigenvalue weighted by Crippen LogP contribution is 2.16. The number of aliphatic carboxylic acids is 1. The summed E-state index contributed by atoms with van der Waals surface area (Å²) in [5.41, 5.74) is 1.90. The van der Waals surface area contributed by atoms with E-state index in [4.69, 9.17) is 5.11 Å². The molecule has 0 fully saturated rings. The molecule has 116 valence electrons. The second-order valence-corrected chi connectivity index (χ2v) is 5.23. The number of anilines is 1. The minimum absolute atomic E-state index is 0.0209. The van der Waals surface area contributed by atoms with Crippen molar-refractivity contribution < 1.29 is 14.7 Å². The number of carboxylic acids is 1. The molecule has 5 heteroatoms. The van der Waals surface area contributed by atoms with Crippen molar-refractivity contribution in [3.05, 3.63) is 29.8 Å². The number of benzene rings is 1. The first kappa shape index (κ1) is 17.0. The Bertz CT molecular complexity index is 486. The Labute approximate surface area is 126 Å². The number of carbonyl (C=O) groups excluding carboxylic acids is 1. The highest BCUT2D eigenvalue weighted by atomic mass is 16.4. The quantitative estimate of drug-likeness (QED) is 0.809. The first-order valence-corrected chi connectivity index (χ1v) is 7.33. The van der Waals surface area contributed by atoms with Gasteiger partial charge in [0.25, 0.3) is 0 Å². The van der Waals surface area contributed by atoms with Crippen LogP contribution in [-0.2, 0) is 11.2 Å². The van der Waals surface area contributed by atoms with E-state index in [9.17, 15) is 9.59 Å². The van der Waals surface area contributed by atoms with Crippen LogP contribution in [0.3, 0.4) is 0 Å². The minimum Gasteiger partial charge on any atom is -0.481 e. The van der Waals surface area contributed by atoms with E-state index in [0.29, 0.717) is 13.0 Å². The van der Waals surface area contributed by atoms with E-state index in [0.717, 1.165) is 17.7 Å². The first-order chi connectivity index (χ1) is 9.95. The molecule has 0 saturated heterocycles. The smallest absolute Gasteiger partial charge is 0.322 e. The fourth-order valence-electron chi connectivity index (χ4n) is 2.13. The van der Waals surface area contributed by atoms with Crippen LogP contribution >= 0.6 is 0 Å². The first-order valence-electron chi connectivity index (χ1n) is 7.33. The largest absolute Gasteiger partial charge is 0.481 e. The Kier molecular flexibility index (Phi) is 6.72. The van der Waals surface area contributed by atoms with E-state index >= 15 is 0 Å². The molecule has 1 aromatic rings. The molecule has 21 heavy (non-hydrogen) atoms. The number of nitrogens with one attached hydrogen (secondary N) is 1. The van der Waals surface area contributed by atoms with E-state index in [1.807, 2.05) is 45.0 Å². The van der Waals surface area contributed by atoms with Gasteiger partial charge >= 0.3 is 12.0 Å². The maximum atomic E-state index is 12.4. The summed E-state index contributed by atoms with van der Waals surface area (Å²) in [4.78, 5) is 24.6. The third kappa shape index (κ3) is 5.45. The van der Waals surface area contributed by atoms with Crippen molar-refractivity contribution in [1.29, 1.82) is 0 Å². The summed E-state index contributed by atoms with van der Waals surface area (Å²) in [6.45, 7) is 6.32. The minimum atomic E-state index is -0.838. The molecule has 0 aromatic heterocycles. The predicted molar refractivity (Wildman–Crippen MR) is 83.6 cm³/mol. The lowest BCUT2D eigenvalue weighted by atomic mass is 10.1. The van der Waals surface area contributed by atoms with Crippen molar-refractivity contribution in [3.63, 3.8) is 0 Å². The second kappa shape index (κ2) is 8.29. The van der Waals surface area contributed by atoms with Crippen molar-refractivity contribution in [1.82, 2.24) is 4.90 Å². The maximum Gasteiger partial charge on any atom is 0.322 e. The van der Waals surface area contributed by atoms with E-state index < -0.39 is 5.97 Å². The molecule has 1 aromatic carbocycles. The molecule has 0 saturated carbocycles. The third-order valence-electron chi connectivity index (χ3n) is 3.31. The van der Waals surface area contributed by atoms with Crippen molar-refractivity contribution in [2.75, 3.05) is 11.9 Å². The molecule has 0 spiro atoms. The summed E-state index contributed by atoms with van der Waals surface area (Å²) in [7, 11) is 0. The Balaban J connectivity index is 2.70. The molecule has 0 unspecified atom stereocenters. The fourth-order valence-corrected chi connectivity index (χ4v) is 2.13. The van der Waals surface area contributed by atoms with Crippen LogP contribution in [0.5, 0.6) is 0 Å². The summed E-state index contributed by atoms with van der Waals surface area (Å²) in [5.74, 6) is -0.838. The molecule has 0 radical (unpaired) electrons. The summed E-state index contributed by atoms with van der Waals surface area (Å²) in [6.07, 6.45) is 1.37. The second-order valence-electron chi connectivity index (χ2n) is 5.23. The van der Waals surface area contributed by atoms with E-state index in [1.165, 1.54) is 0 Å². The van der Waals surface area contributed by atoms with E-state index in [-0.39, 0.29) is 18.5 Å². The Hall–Kier alpha value is -2.04. The Morgan fingerprint density at radius 2 is 1.95 bits per heavy atom. The standard InChI is InChI=1S/C16H24N2O3/c1-4-13-8-5-6-9-14(13)17-16(21)18(12(2)3)11-7-10-15(19)20/h5-6,8-9,12H,4,7,10-11H2,1-3H3,(H,17,21)(H,19,20). The number of hydrogen-bond donors (Lipinski definition) is 2. The number of carbonyl (C=O) groups is 2. The molecule has 0 aliphatic carbocycles. The zero-order valence-corrected chi connectivity index (χ0v) is 12.9. The zero-order valence-electron chi connectivity index (χ0n) is 12.9. The van der Waals surface area contributed by atoms with Gasteiger partial charge in [0.15, 0.2) is 0 Å². The van der Waals surface area contributed by atoms with Crippen LogP contribution in [0.25, 0.3) is 0 Å². The zero-order chi connectivity index (χ0) is 15.8. The number of amides is 2. The molecule has 0 bridgehead atoms. The van der Waals surface area contributed by atoms with Gasteiger partial charge in [0.1, 0.15) is 0 Å². The maximum absolute atomic E-state index is 12.4. The topological polar surface area (TPSA) is 69.6 Å². The number of urea groups is 1. The van der Waals surface area contributed by atoms with Crippen LogP contribution in [0, 0.1) is 0 Å². The lowest BCUT2D eigenvalue weighted by molar-refractivity contribution is -0.137. The molecule has 5 nitrogen and oxygen atoms in total. The molecule has 0 aliphatic rings. The number of nitrogens with zero attached hydrogens (tertiary/aromatic N) is 1. The van der Waals surface area contributed by atoms with Gasteiger partial charge in [-0.3, -0.25) is 4.79 Å². The number of carboxylic acid groups (broad SMARTS) is 1. The average molecular weight is 292 g/mol. The average Bonchev–Trinajstić information content (AvgIpc) is 2.43. The van der Waals surface area contributed by atoms with Crippen molar-refractivity contribution in [3.8, 4) is 0 Å². The number of rotatable bonds is 7. The third-order valence-corrected chi connectivity index (χ3v) is 3.31. The lowest BCUT2D eigenvalue weighted by Gasteiger charge is -2.27. The van der Waals surface area contributed by atoms with Gasteiger partial charge in [0.2, 0.25) is 0 Å². The molecule has 0 heterocycles. The van der Waals surface area contributed by atoms with Gasteiger partial charge in [-0.1, -0.05) is 25.1 Å². The summed E-state index contributed by atoms with van der Waals surface area (Å²) in [6, 6.07) is 7.54. The summed E-state index contributed by atoms with van der Waals surface area (Å²) < 4.78 is 0. The van der Waals surface area contributed by atoms with Crippen LogP contribution < -0.4 is 5.32 Å². The van der Waals surface area contributed by atoms with Crippen LogP contribution in [0.15, 0.2) is 24.3 Å². The highest BCUT2D eigenvalue weighted by Gasteiger charge is 2.17. The van der Waals surface area contributed by atoms with Crippen LogP contribution in [0.4, 0.5) is 10.5 Å². The van der Waals surface area contributed by atoms with Crippen LogP contribution in [-0.4, -0.2) is 34.6 Å². The number of aryl methyl sites for hydroxylation is 1. The van der Waals surface area contributed by atoms with Gasteiger partial charge in [-0.25, -0.2) is 4.79 Å². The van der Waals surface area contributed by atoms with Gasteiger partial charge in [-0.05, 0) is 38.3 Å². The van der Waals surface area contributed by atoms with Crippen molar-refractivity contribution in [2.24, 2.45) is 0 Å². The Morgan fingerprint density at radius 1 is 1.29 bits per heavy atom. The van der Waals surface area contributed by atoms with Gasteiger partial charge in [-0.15, -0.1) is 0 Å². The predicted octanol–water partition coefficient (Wildman–Crippen LogP) is 3.36. The molecule has 2 N–H and O–H groups in total. The van der Waals surface area contributed by atoms with Gasteiger partial charge in [-0.2, -0.15) is 0 Å². The molecule has 2 amide bonds. The number of para-hydroxylation sites is 1. The van der Waals surface area contributed by atoms with Gasteiger partial charge < -0.3 is 15.3 Å². The SMILES string of the molecule is CCc1ccccc1NC(=O)N(CCCC(=O)O)C(C)C. The summed E-state index contributed by atoms with van der Waals surface area (Å²) >= 11 is 0. The molecule has 0 aliphatic heterocycles. The lowest BCUT2D eigenvalue weighted by Crippen LogP contribution is -2.41. The van der Waals surface area contributed by atoms with Crippen molar-refractivity contribution >= 4 is 17.7 Å². The van der Waals surface area contributed by atoms with E-state index in [2.05, 4.69) is 5.32 Å². The van der Waals surface area contributed by atoms with Crippen LogP contribution in [0.1, 0.15) is 39.2 Å². The molecule has 1 rings (SSSR count). The molecular weight excluding hydrogens is 268 g/mol. The Morgan fingerprint density at radius 3 is 2.52 bits per heavy atom. The molecular formula is C16H24N2O3. The fraction of sp³-hybridized carbons (Fsp3) is 0.500. The number of hydrogen-bond acceptors (Lipinski definition) is 2. The monoisotopic (exact) mass is 292 g/mol. The summed E-state index contributed by atoms with van der Waals surface area (Å²) in [5, 5.41) is 11.6. The van der Waals surface area contributed by atoms with Crippen molar-refractivity contribution in [2.45, 2.75) is 46.1 Å². The molecule has 0 atom stereocenters. The van der Waals surface area contributed by atoms with Gasteiger partial charge in [0, 0.05) is 24.7 Å². The van der Waals surface area contributed by atoms with E-state index in [1.54, 1.807) is 4.90 Å². The highest BCUT2D eigenvalue weighted by molar-refractivity contribution is 5.90.